The van der Waals surface area contributed by atoms with Crippen LogP contribution in [0.3, 0.4) is 0 Å². The standard InChI is InChI=1S/C4Cl6F4O3/c5-1(6,3(9,11)12)15-17-16-2(7,8)4(10,13)14. The van der Waals surface area contributed by atoms with Crippen LogP contribution in [0.2, 0.25) is 0 Å². The molecule has 0 radical (unpaired) electrons. The first-order valence-corrected chi connectivity index (χ1v) is 5.40. The number of alkyl halides is 10. The second-order valence-corrected chi connectivity index (χ2v) is 5.73. The average molecular weight is 385 g/mol. The van der Waals surface area contributed by atoms with Crippen molar-refractivity contribution in [3.63, 3.8) is 0 Å². The molecule has 0 aromatic rings. The molecule has 0 aliphatic heterocycles. The summed E-state index contributed by atoms with van der Waals surface area (Å²) < 4.78 is 42.5. The highest BCUT2D eigenvalue weighted by Gasteiger charge is 2.57. The number of rotatable bonds is 6. The van der Waals surface area contributed by atoms with Crippen molar-refractivity contribution in [3.05, 3.63) is 0 Å². The van der Waals surface area contributed by atoms with Gasteiger partial charge in [-0.05, 0) is 23.2 Å². The molecule has 0 aliphatic rings. The molecule has 0 spiro atoms. The van der Waals surface area contributed by atoms with Crippen LogP contribution in [-0.2, 0) is 14.8 Å². The van der Waals surface area contributed by atoms with E-state index in [2.05, 4.69) is 38.0 Å². The lowest BCUT2D eigenvalue weighted by Gasteiger charge is -2.25. The fourth-order valence-electron chi connectivity index (χ4n) is 0.197. The SMILES string of the molecule is FC(F)(Cl)C(Cl)(Cl)OOOC(Cl)(Cl)C(F)(F)Cl. The molecule has 17 heavy (non-hydrogen) atoms. The zero-order chi connectivity index (χ0) is 14.1. The summed E-state index contributed by atoms with van der Waals surface area (Å²) in [5.41, 5.74) is 0. The Hall–Kier alpha value is 1.34. The van der Waals surface area contributed by atoms with Gasteiger partial charge in [-0.2, -0.15) is 27.3 Å². The Kier molecular flexibility index (Phi) is 6.22. The van der Waals surface area contributed by atoms with Crippen molar-refractivity contribution >= 4 is 69.6 Å². The molecule has 3 nitrogen and oxygen atoms in total. The van der Waals surface area contributed by atoms with Crippen molar-refractivity contribution < 1.29 is 32.4 Å². The van der Waals surface area contributed by atoms with Gasteiger partial charge in [-0.1, -0.05) is 51.4 Å². The smallest absolute Gasteiger partial charge is 0.182 e. The number of hydrogen-bond donors (Lipinski definition) is 0. The van der Waals surface area contributed by atoms with Crippen LogP contribution < -0.4 is 0 Å². The molecule has 0 heterocycles. The predicted octanol–water partition coefficient (Wildman–Crippen LogP) is 4.79. The topological polar surface area (TPSA) is 27.7 Å². The maximum atomic E-state index is 12.4. The summed E-state index contributed by atoms with van der Waals surface area (Å²) in [7, 11) is 0. The zero-order valence-corrected chi connectivity index (χ0v) is 11.5. The minimum absolute atomic E-state index is 3.36. The molecule has 0 aliphatic carbocycles. The van der Waals surface area contributed by atoms with Crippen molar-refractivity contribution in [2.75, 3.05) is 0 Å². The van der Waals surface area contributed by atoms with Gasteiger partial charge in [-0.25, -0.2) is 0 Å². The van der Waals surface area contributed by atoms with E-state index in [-0.39, 0.29) is 0 Å². The van der Waals surface area contributed by atoms with Crippen LogP contribution in [0.4, 0.5) is 17.6 Å². The van der Waals surface area contributed by atoms with E-state index in [4.69, 9.17) is 46.4 Å². The summed E-state index contributed by atoms with van der Waals surface area (Å²) in [5.74, 6) is 0. The molecule has 0 N–H and O–H groups in total. The number of hydrogen-bond acceptors (Lipinski definition) is 3. The molecule has 0 saturated heterocycles. The lowest BCUT2D eigenvalue weighted by Crippen LogP contribution is -2.40. The Bertz CT molecular complexity index is 237. The van der Waals surface area contributed by atoms with E-state index in [0.717, 1.165) is 0 Å². The van der Waals surface area contributed by atoms with Crippen LogP contribution in [0.25, 0.3) is 0 Å². The van der Waals surface area contributed by atoms with Crippen LogP contribution in [0.5, 0.6) is 0 Å². The average Bonchev–Trinajstić information content (AvgIpc) is 1.98. The van der Waals surface area contributed by atoms with E-state index in [1.54, 1.807) is 0 Å². The molecule has 0 unspecified atom stereocenters. The molecular weight excluding hydrogens is 385 g/mol. The fourth-order valence-corrected chi connectivity index (χ4v) is 0.363. The van der Waals surface area contributed by atoms with Crippen LogP contribution in [0.1, 0.15) is 0 Å². The van der Waals surface area contributed by atoms with E-state index < -0.39 is 19.8 Å². The third-order valence-electron chi connectivity index (χ3n) is 0.937. The molecule has 0 aromatic carbocycles. The van der Waals surface area contributed by atoms with Crippen molar-refractivity contribution in [1.29, 1.82) is 0 Å². The largest absolute Gasteiger partial charge is 0.381 e. The Morgan fingerprint density at radius 3 is 1.00 bits per heavy atom. The predicted molar refractivity (Wildman–Crippen MR) is 53.7 cm³/mol. The monoisotopic (exact) mass is 382 g/mol. The van der Waals surface area contributed by atoms with Gasteiger partial charge >= 0.3 is 19.8 Å². The second-order valence-electron chi connectivity index (χ2n) is 2.26. The van der Waals surface area contributed by atoms with Crippen LogP contribution in [-0.4, -0.2) is 19.8 Å². The lowest BCUT2D eigenvalue weighted by atomic mass is 10.7. The van der Waals surface area contributed by atoms with Gasteiger partial charge in [0, 0.05) is 0 Å². The van der Waals surface area contributed by atoms with Crippen molar-refractivity contribution in [2.24, 2.45) is 0 Å². The zero-order valence-electron chi connectivity index (χ0n) is 7.00. The minimum Gasteiger partial charge on any atom is -0.182 e. The molecule has 104 valence electrons. The van der Waals surface area contributed by atoms with Gasteiger partial charge in [0.2, 0.25) is 0 Å². The van der Waals surface area contributed by atoms with E-state index in [0.29, 0.717) is 0 Å². The van der Waals surface area contributed by atoms with Crippen molar-refractivity contribution in [3.8, 4) is 0 Å². The quantitative estimate of drug-likeness (QED) is 0.285. The highest BCUT2D eigenvalue weighted by molar-refractivity contribution is 6.52. The molecule has 0 atom stereocenters. The Morgan fingerprint density at radius 1 is 0.588 bits per heavy atom. The van der Waals surface area contributed by atoms with E-state index in [9.17, 15) is 17.6 Å². The van der Waals surface area contributed by atoms with Gasteiger partial charge in [-0.3, -0.25) is 0 Å². The first kappa shape index (κ1) is 18.3. The van der Waals surface area contributed by atoms with Gasteiger partial charge in [0.25, 0.3) is 0 Å². The summed E-state index contributed by atoms with van der Waals surface area (Å²) in [4.78, 5) is 6.98. The van der Waals surface area contributed by atoms with Crippen molar-refractivity contribution in [1.82, 2.24) is 0 Å². The van der Waals surface area contributed by atoms with E-state index in [1.165, 1.54) is 0 Å². The van der Waals surface area contributed by atoms with Gasteiger partial charge in [0.05, 0.1) is 0 Å². The molecule has 0 fully saturated rings. The highest BCUT2D eigenvalue weighted by Crippen LogP contribution is 2.45. The maximum Gasteiger partial charge on any atom is 0.381 e. The fraction of sp³-hybridized carbons (Fsp3) is 1.00. The molecular formula is C4Cl6F4O3. The van der Waals surface area contributed by atoms with Crippen LogP contribution in [0, 0.1) is 0 Å². The third-order valence-corrected chi connectivity index (χ3v) is 3.06. The van der Waals surface area contributed by atoms with Crippen LogP contribution >= 0.6 is 69.6 Å². The molecule has 0 bridgehead atoms. The van der Waals surface area contributed by atoms with Gasteiger partial charge in [0.1, 0.15) is 0 Å². The summed E-state index contributed by atoms with van der Waals surface area (Å²) in [6.45, 7) is 0. The first-order chi connectivity index (χ1) is 7.21. The lowest BCUT2D eigenvalue weighted by molar-refractivity contribution is -0.548. The van der Waals surface area contributed by atoms with Crippen molar-refractivity contribution in [2.45, 2.75) is 19.8 Å². The van der Waals surface area contributed by atoms with E-state index >= 15 is 0 Å². The minimum atomic E-state index is -4.33. The summed E-state index contributed by atoms with van der Waals surface area (Å²) in [5, 5.41) is -5.30. The third kappa shape index (κ3) is 5.46. The Labute approximate surface area is 122 Å². The molecule has 13 heteroatoms. The van der Waals surface area contributed by atoms with Gasteiger partial charge in [-0.15, -0.1) is 0 Å². The van der Waals surface area contributed by atoms with E-state index in [1.807, 2.05) is 0 Å². The highest BCUT2D eigenvalue weighted by atomic mass is 35.5. The summed E-state index contributed by atoms with van der Waals surface area (Å²) in [6, 6.07) is 0. The van der Waals surface area contributed by atoms with Gasteiger partial charge in [0.15, 0.2) is 0 Å². The molecule has 0 amide bonds. The first-order valence-electron chi connectivity index (χ1n) is 3.13. The Morgan fingerprint density at radius 2 is 0.824 bits per heavy atom. The molecule has 0 saturated carbocycles. The Balaban J connectivity index is 4.36. The normalized spacial score (nSPS) is 15.2. The number of halogens is 10. The molecule has 0 rings (SSSR count). The van der Waals surface area contributed by atoms with Crippen LogP contribution in [0.15, 0.2) is 0 Å². The summed E-state index contributed by atoms with van der Waals surface area (Å²) in [6.07, 6.45) is 0. The molecule has 0 aromatic heterocycles. The maximum absolute atomic E-state index is 12.4. The van der Waals surface area contributed by atoms with Gasteiger partial charge < -0.3 is 0 Å². The second kappa shape index (κ2) is 5.76. The summed E-state index contributed by atoms with van der Waals surface area (Å²) >= 11 is 28.0.